The molecule has 0 aliphatic carbocycles. The molecule has 92 valence electrons. The molecule has 1 atom stereocenters. The summed E-state index contributed by atoms with van der Waals surface area (Å²) in [4.78, 5) is 14.3. The molecule has 2 heterocycles. The first-order valence-electron chi connectivity index (χ1n) is 6.24. The van der Waals surface area contributed by atoms with Gasteiger partial charge in [0.25, 0.3) is 5.91 Å². The quantitative estimate of drug-likeness (QED) is 0.808. The Kier molecular flexibility index (Phi) is 2.89. The number of likely N-dealkylation sites (tertiary alicyclic amines) is 1. The molecule has 1 aromatic carbocycles. The van der Waals surface area contributed by atoms with Gasteiger partial charge in [-0.15, -0.1) is 0 Å². The van der Waals surface area contributed by atoms with Gasteiger partial charge in [-0.3, -0.25) is 4.79 Å². The number of hydrogen-bond acceptors (Lipinski definition) is 2. The van der Waals surface area contributed by atoms with Gasteiger partial charge in [0, 0.05) is 6.54 Å². The van der Waals surface area contributed by atoms with E-state index in [0.717, 1.165) is 19.4 Å². The molecule has 0 N–H and O–H groups in total. The SMILES string of the molecule is O=C(c1ccoc1)N1CCCC1c1ccccc1. The second kappa shape index (κ2) is 4.69. The molecule has 2 aromatic rings. The molecular weight excluding hydrogens is 226 g/mol. The van der Waals surface area contributed by atoms with Crippen molar-refractivity contribution in [1.82, 2.24) is 4.90 Å². The lowest BCUT2D eigenvalue weighted by Gasteiger charge is -2.24. The molecule has 3 rings (SSSR count). The molecule has 1 saturated heterocycles. The molecule has 1 amide bonds. The van der Waals surface area contributed by atoms with Crippen molar-refractivity contribution in [3.8, 4) is 0 Å². The molecule has 0 saturated carbocycles. The maximum Gasteiger partial charge on any atom is 0.257 e. The average molecular weight is 241 g/mol. The normalized spacial score (nSPS) is 19.1. The van der Waals surface area contributed by atoms with Crippen molar-refractivity contribution in [3.63, 3.8) is 0 Å². The molecule has 0 radical (unpaired) electrons. The van der Waals surface area contributed by atoms with Crippen molar-refractivity contribution in [1.29, 1.82) is 0 Å². The van der Waals surface area contributed by atoms with Crippen LogP contribution < -0.4 is 0 Å². The Hall–Kier alpha value is -2.03. The van der Waals surface area contributed by atoms with E-state index in [-0.39, 0.29) is 11.9 Å². The van der Waals surface area contributed by atoms with Crippen LogP contribution in [-0.2, 0) is 0 Å². The van der Waals surface area contributed by atoms with Crippen LogP contribution in [0.2, 0.25) is 0 Å². The topological polar surface area (TPSA) is 33.5 Å². The summed E-state index contributed by atoms with van der Waals surface area (Å²) >= 11 is 0. The van der Waals surface area contributed by atoms with E-state index in [1.54, 1.807) is 12.3 Å². The molecular formula is C15H15NO2. The fourth-order valence-electron chi connectivity index (χ4n) is 2.58. The molecule has 1 unspecified atom stereocenters. The summed E-state index contributed by atoms with van der Waals surface area (Å²) in [5.74, 6) is 0.0649. The van der Waals surface area contributed by atoms with Crippen molar-refractivity contribution < 1.29 is 9.21 Å². The average Bonchev–Trinajstić information content (AvgIpc) is 3.10. The highest BCUT2D eigenvalue weighted by atomic mass is 16.3. The summed E-state index contributed by atoms with van der Waals surface area (Å²) in [7, 11) is 0. The second-order valence-electron chi connectivity index (χ2n) is 4.58. The van der Waals surface area contributed by atoms with Crippen LogP contribution in [0.5, 0.6) is 0 Å². The minimum Gasteiger partial charge on any atom is -0.472 e. The lowest BCUT2D eigenvalue weighted by Crippen LogP contribution is -2.30. The number of furan rings is 1. The largest absolute Gasteiger partial charge is 0.472 e. The van der Waals surface area contributed by atoms with Crippen LogP contribution in [0.25, 0.3) is 0 Å². The standard InChI is InChI=1S/C15H15NO2/c17-15(13-8-10-18-11-13)16-9-4-7-14(16)12-5-2-1-3-6-12/h1-3,5-6,8,10-11,14H,4,7,9H2. The Bertz CT molecular complexity index is 519. The Morgan fingerprint density at radius 1 is 1.22 bits per heavy atom. The van der Waals surface area contributed by atoms with E-state index in [1.165, 1.54) is 11.8 Å². The first-order valence-corrected chi connectivity index (χ1v) is 6.24. The van der Waals surface area contributed by atoms with Crippen LogP contribution in [-0.4, -0.2) is 17.4 Å². The number of carbonyl (C=O) groups excluding carboxylic acids is 1. The van der Waals surface area contributed by atoms with Crippen molar-refractivity contribution >= 4 is 5.91 Å². The monoisotopic (exact) mass is 241 g/mol. The van der Waals surface area contributed by atoms with Crippen LogP contribution in [0.3, 0.4) is 0 Å². The van der Waals surface area contributed by atoms with Gasteiger partial charge in [-0.1, -0.05) is 30.3 Å². The van der Waals surface area contributed by atoms with E-state index in [1.807, 2.05) is 23.1 Å². The third kappa shape index (κ3) is 1.92. The third-order valence-corrected chi connectivity index (χ3v) is 3.47. The van der Waals surface area contributed by atoms with Crippen LogP contribution in [0, 0.1) is 0 Å². The van der Waals surface area contributed by atoms with Gasteiger partial charge < -0.3 is 9.32 Å². The molecule has 18 heavy (non-hydrogen) atoms. The molecule has 0 bridgehead atoms. The van der Waals surface area contributed by atoms with Gasteiger partial charge in [0.15, 0.2) is 0 Å². The van der Waals surface area contributed by atoms with E-state index in [9.17, 15) is 4.79 Å². The first kappa shape index (κ1) is 11.1. The number of rotatable bonds is 2. The molecule has 0 spiro atoms. The highest BCUT2D eigenvalue weighted by Gasteiger charge is 2.30. The minimum atomic E-state index is 0.0649. The van der Waals surface area contributed by atoms with Gasteiger partial charge in [0.2, 0.25) is 0 Å². The molecule has 3 nitrogen and oxygen atoms in total. The fourth-order valence-corrected chi connectivity index (χ4v) is 2.58. The Morgan fingerprint density at radius 3 is 2.78 bits per heavy atom. The maximum absolute atomic E-state index is 12.4. The number of amides is 1. The van der Waals surface area contributed by atoms with Gasteiger partial charge in [-0.25, -0.2) is 0 Å². The fraction of sp³-hybridized carbons (Fsp3) is 0.267. The van der Waals surface area contributed by atoms with Gasteiger partial charge in [0.05, 0.1) is 17.9 Å². The molecule has 1 aliphatic rings. The zero-order chi connectivity index (χ0) is 12.4. The molecule has 1 aliphatic heterocycles. The van der Waals surface area contributed by atoms with Gasteiger partial charge in [0.1, 0.15) is 6.26 Å². The van der Waals surface area contributed by atoms with Gasteiger partial charge in [-0.2, -0.15) is 0 Å². The van der Waals surface area contributed by atoms with Crippen molar-refractivity contribution in [2.75, 3.05) is 6.54 Å². The van der Waals surface area contributed by atoms with E-state index < -0.39 is 0 Å². The molecule has 1 fully saturated rings. The second-order valence-corrected chi connectivity index (χ2v) is 4.58. The van der Waals surface area contributed by atoms with E-state index in [2.05, 4.69) is 12.1 Å². The molecule has 3 heteroatoms. The Balaban J connectivity index is 1.86. The molecule has 1 aromatic heterocycles. The predicted molar refractivity (Wildman–Crippen MR) is 68.2 cm³/mol. The summed E-state index contributed by atoms with van der Waals surface area (Å²) in [5, 5.41) is 0. The van der Waals surface area contributed by atoms with Gasteiger partial charge in [-0.05, 0) is 24.5 Å². The predicted octanol–water partition coefficient (Wildman–Crippen LogP) is 3.26. The van der Waals surface area contributed by atoms with E-state index in [0.29, 0.717) is 5.56 Å². The van der Waals surface area contributed by atoms with E-state index >= 15 is 0 Å². The number of hydrogen-bond donors (Lipinski definition) is 0. The number of nitrogens with zero attached hydrogens (tertiary/aromatic N) is 1. The highest BCUT2D eigenvalue weighted by molar-refractivity contribution is 5.94. The van der Waals surface area contributed by atoms with Crippen LogP contribution in [0.15, 0.2) is 53.3 Å². The summed E-state index contributed by atoms with van der Waals surface area (Å²) in [5.41, 5.74) is 1.85. The zero-order valence-electron chi connectivity index (χ0n) is 10.1. The Labute approximate surface area is 106 Å². The summed E-state index contributed by atoms with van der Waals surface area (Å²) in [6, 6.07) is 12.1. The first-order chi connectivity index (χ1) is 8.86. The Morgan fingerprint density at radius 2 is 2.06 bits per heavy atom. The van der Waals surface area contributed by atoms with E-state index in [4.69, 9.17) is 4.42 Å². The van der Waals surface area contributed by atoms with Gasteiger partial charge >= 0.3 is 0 Å². The lowest BCUT2D eigenvalue weighted by atomic mass is 10.0. The minimum absolute atomic E-state index is 0.0649. The van der Waals surface area contributed by atoms with Crippen LogP contribution in [0.1, 0.15) is 34.8 Å². The van der Waals surface area contributed by atoms with Crippen LogP contribution in [0.4, 0.5) is 0 Å². The third-order valence-electron chi connectivity index (χ3n) is 3.47. The van der Waals surface area contributed by atoms with Crippen molar-refractivity contribution in [2.45, 2.75) is 18.9 Å². The maximum atomic E-state index is 12.4. The summed E-state index contributed by atoms with van der Waals surface area (Å²) < 4.78 is 4.99. The lowest BCUT2D eigenvalue weighted by molar-refractivity contribution is 0.0735. The summed E-state index contributed by atoms with van der Waals surface area (Å²) in [6.07, 6.45) is 5.15. The van der Waals surface area contributed by atoms with Crippen molar-refractivity contribution in [2.24, 2.45) is 0 Å². The number of benzene rings is 1. The van der Waals surface area contributed by atoms with Crippen LogP contribution >= 0.6 is 0 Å². The highest BCUT2D eigenvalue weighted by Crippen LogP contribution is 2.32. The smallest absolute Gasteiger partial charge is 0.257 e. The number of carbonyl (C=O) groups is 1. The summed E-state index contributed by atoms with van der Waals surface area (Å²) in [6.45, 7) is 0.823. The zero-order valence-corrected chi connectivity index (χ0v) is 10.1. The van der Waals surface area contributed by atoms with Crippen molar-refractivity contribution in [3.05, 3.63) is 60.1 Å².